The highest BCUT2D eigenvalue weighted by Crippen LogP contribution is 2.26. The van der Waals surface area contributed by atoms with E-state index in [1.54, 1.807) is 12.4 Å². The maximum absolute atomic E-state index is 13.1. The molecule has 27 heavy (non-hydrogen) atoms. The molecular weight excluding hydrogens is 336 g/mol. The number of pyridine rings is 1. The summed E-state index contributed by atoms with van der Waals surface area (Å²) in [6.07, 6.45) is 10.1. The molecule has 1 N–H and O–H groups in total. The van der Waals surface area contributed by atoms with Gasteiger partial charge in [-0.2, -0.15) is 0 Å². The number of nitrogens with zero attached hydrogens (tertiary/aromatic N) is 3. The van der Waals surface area contributed by atoms with Crippen LogP contribution in [-0.4, -0.2) is 27.4 Å². The minimum absolute atomic E-state index is 0.155. The number of aryl methyl sites for hydroxylation is 3. The van der Waals surface area contributed by atoms with Crippen molar-refractivity contribution in [3.8, 4) is 0 Å². The monoisotopic (exact) mass is 362 g/mol. The Morgan fingerprint density at radius 3 is 2.56 bits per heavy atom. The number of H-pyrrole nitrogens is 1. The molecule has 3 aromatic rings. The van der Waals surface area contributed by atoms with Crippen LogP contribution in [0.2, 0.25) is 0 Å². The average Bonchev–Trinajstić information content (AvgIpc) is 3.18. The Morgan fingerprint density at radius 1 is 1.07 bits per heavy atom. The number of imidazole rings is 1. The molecule has 5 nitrogen and oxygen atoms in total. The molecule has 0 spiro atoms. The standard InChI is InChI=1S/C22H26N4O/c1-17-6-3-7-18(2)22(17)26(15-11-20-24-13-14-25-20)21(27)10-4-8-19-9-5-12-23-16-19/h3,5-7,9,12-14,16H,4,8,10-11,15H2,1-2H3,(H,24,25). The molecule has 0 bridgehead atoms. The van der Waals surface area contributed by atoms with Gasteiger partial charge in [0.15, 0.2) is 0 Å². The van der Waals surface area contributed by atoms with Gasteiger partial charge in [0.1, 0.15) is 5.82 Å². The summed E-state index contributed by atoms with van der Waals surface area (Å²) < 4.78 is 0. The number of aromatic amines is 1. The Morgan fingerprint density at radius 2 is 1.89 bits per heavy atom. The molecule has 0 saturated carbocycles. The molecule has 0 aliphatic rings. The number of aromatic nitrogens is 3. The van der Waals surface area contributed by atoms with E-state index in [1.807, 2.05) is 29.4 Å². The van der Waals surface area contributed by atoms with E-state index >= 15 is 0 Å². The van der Waals surface area contributed by atoms with Gasteiger partial charge in [0.25, 0.3) is 0 Å². The van der Waals surface area contributed by atoms with Crippen LogP contribution in [0.25, 0.3) is 0 Å². The zero-order valence-electron chi connectivity index (χ0n) is 16.0. The molecule has 0 atom stereocenters. The molecule has 1 amide bonds. The number of hydrogen-bond donors (Lipinski definition) is 1. The number of benzene rings is 1. The zero-order chi connectivity index (χ0) is 19.1. The van der Waals surface area contributed by atoms with Gasteiger partial charge in [-0.05, 0) is 49.4 Å². The molecule has 2 aromatic heterocycles. The minimum Gasteiger partial charge on any atom is -0.349 e. The van der Waals surface area contributed by atoms with Gasteiger partial charge in [-0.3, -0.25) is 9.78 Å². The van der Waals surface area contributed by atoms with Crippen molar-refractivity contribution >= 4 is 11.6 Å². The second-order valence-electron chi connectivity index (χ2n) is 6.79. The van der Waals surface area contributed by atoms with Gasteiger partial charge in [-0.25, -0.2) is 4.98 Å². The molecule has 0 aliphatic heterocycles. The predicted octanol–water partition coefficient (Wildman–Crippen LogP) is 4.02. The Bertz CT molecular complexity index is 839. The second kappa shape index (κ2) is 9.12. The zero-order valence-corrected chi connectivity index (χ0v) is 16.0. The van der Waals surface area contributed by atoms with E-state index in [0.29, 0.717) is 19.4 Å². The van der Waals surface area contributed by atoms with Crippen LogP contribution >= 0.6 is 0 Å². The maximum atomic E-state index is 13.1. The summed E-state index contributed by atoms with van der Waals surface area (Å²) in [5.41, 5.74) is 4.43. The van der Waals surface area contributed by atoms with E-state index in [9.17, 15) is 4.79 Å². The summed E-state index contributed by atoms with van der Waals surface area (Å²) in [6, 6.07) is 10.1. The lowest BCUT2D eigenvalue weighted by molar-refractivity contribution is -0.118. The molecule has 0 aliphatic carbocycles. The number of rotatable bonds is 8. The van der Waals surface area contributed by atoms with Crippen LogP contribution in [0, 0.1) is 13.8 Å². The summed E-state index contributed by atoms with van der Waals surface area (Å²) >= 11 is 0. The number of nitrogens with one attached hydrogen (secondary N) is 1. The molecule has 0 unspecified atom stereocenters. The first-order valence-electron chi connectivity index (χ1n) is 9.39. The van der Waals surface area contributed by atoms with Crippen molar-refractivity contribution in [2.45, 2.75) is 39.5 Å². The summed E-state index contributed by atoms with van der Waals surface area (Å²) in [4.78, 5) is 26.6. The van der Waals surface area contributed by atoms with Gasteiger partial charge in [0.05, 0.1) is 0 Å². The van der Waals surface area contributed by atoms with Crippen molar-refractivity contribution in [2.24, 2.45) is 0 Å². The SMILES string of the molecule is Cc1cccc(C)c1N(CCc1ncc[nH]1)C(=O)CCCc1cccnc1. The second-order valence-corrected chi connectivity index (χ2v) is 6.79. The summed E-state index contributed by atoms with van der Waals surface area (Å²) in [5.74, 6) is 1.05. The Hall–Kier alpha value is -2.95. The minimum atomic E-state index is 0.155. The number of para-hydroxylation sites is 1. The lowest BCUT2D eigenvalue weighted by atomic mass is 10.1. The van der Waals surface area contributed by atoms with Crippen LogP contribution in [0.3, 0.4) is 0 Å². The van der Waals surface area contributed by atoms with Crippen molar-refractivity contribution in [3.05, 3.63) is 77.6 Å². The fourth-order valence-corrected chi connectivity index (χ4v) is 3.37. The largest absolute Gasteiger partial charge is 0.349 e. The van der Waals surface area contributed by atoms with Crippen LogP contribution in [0.5, 0.6) is 0 Å². The van der Waals surface area contributed by atoms with Crippen molar-refractivity contribution in [3.63, 3.8) is 0 Å². The highest BCUT2D eigenvalue weighted by molar-refractivity contribution is 5.95. The van der Waals surface area contributed by atoms with Gasteiger partial charge in [0.2, 0.25) is 5.91 Å². The van der Waals surface area contributed by atoms with Crippen molar-refractivity contribution in [1.29, 1.82) is 0 Å². The summed E-state index contributed by atoms with van der Waals surface area (Å²) in [7, 11) is 0. The van der Waals surface area contributed by atoms with Crippen LogP contribution in [0.1, 0.15) is 35.4 Å². The number of amides is 1. The average molecular weight is 362 g/mol. The molecular formula is C22H26N4O. The highest BCUT2D eigenvalue weighted by atomic mass is 16.2. The van der Waals surface area contributed by atoms with Gasteiger partial charge in [0, 0.05) is 49.9 Å². The summed E-state index contributed by atoms with van der Waals surface area (Å²) in [6.45, 7) is 4.74. The van der Waals surface area contributed by atoms with Crippen LogP contribution in [0.4, 0.5) is 5.69 Å². The first kappa shape index (κ1) is 18.8. The van der Waals surface area contributed by atoms with E-state index < -0.39 is 0 Å². The molecule has 0 fully saturated rings. The number of carbonyl (C=O) groups is 1. The van der Waals surface area contributed by atoms with Gasteiger partial charge in [-0.15, -0.1) is 0 Å². The van der Waals surface area contributed by atoms with E-state index in [1.165, 1.54) is 5.56 Å². The molecule has 2 heterocycles. The molecule has 3 rings (SSSR count). The third-order valence-electron chi connectivity index (χ3n) is 4.72. The van der Waals surface area contributed by atoms with Crippen LogP contribution in [0.15, 0.2) is 55.1 Å². The third-order valence-corrected chi connectivity index (χ3v) is 4.72. The quantitative estimate of drug-likeness (QED) is 0.658. The normalized spacial score (nSPS) is 10.7. The molecule has 5 heteroatoms. The first-order valence-corrected chi connectivity index (χ1v) is 9.39. The maximum Gasteiger partial charge on any atom is 0.227 e. The van der Waals surface area contributed by atoms with E-state index in [4.69, 9.17) is 0 Å². The molecule has 0 radical (unpaired) electrons. The fraction of sp³-hybridized carbons (Fsp3) is 0.318. The van der Waals surface area contributed by atoms with Crippen molar-refractivity contribution in [2.75, 3.05) is 11.4 Å². The predicted molar refractivity (Wildman–Crippen MR) is 108 cm³/mol. The Kier molecular flexibility index (Phi) is 6.36. The Labute approximate surface area is 160 Å². The summed E-state index contributed by atoms with van der Waals surface area (Å²) in [5, 5.41) is 0. The molecule has 0 saturated heterocycles. The molecule has 140 valence electrons. The number of carbonyl (C=O) groups excluding carboxylic acids is 1. The topological polar surface area (TPSA) is 61.9 Å². The van der Waals surface area contributed by atoms with E-state index in [0.717, 1.165) is 35.5 Å². The van der Waals surface area contributed by atoms with E-state index in [2.05, 4.69) is 47.0 Å². The van der Waals surface area contributed by atoms with E-state index in [-0.39, 0.29) is 5.91 Å². The van der Waals surface area contributed by atoms with Crippen molar-refractivity contribution in [1.82, 2.24) is 15.0 Å². The Balaban J connectivity index is 1.71. The molecule has 1 aromatic carbocycles. The van der Waals surface area contributed by atoms with Crippen LogP contribution in [-0.2, 0) is 17.6 Å². The van der Waals surface area contributed by atoms with Crippen LogP contribution < -0.4 is 4.90 Å². The van der Waals surface area contributed by atoms with Gasteiger partial charge < -0.3 is 9.88 Å². The highest BCUT2D eigenvalue weighted by Gasteiger charge is 2.19. The fourth-order valence-electron chi connectivity index (χ4n) is 3.37. The van der Waals surface area contributed by atoms with Crippen molar-refractivity contribution < 1.29 is 4.79 Å². The lowest BCUT2D eigenvalue weighted by Crippen LogP contribution is -2.34. The smallest absolute Gasteiger partial charge is 0.227 e. The lowest BCUT2D eigenvalue weighted by Gasteiger charge is -2.26. The van der Waals surface area contributed by atoms with Gasteiger partial charge >= 0.3 is 0 Å². The third kappa shape index (κ3) is 5.03. The number of anilines is 1. The van der Waals surface area contributed by atoms with Gasteiger partial charge in [-0.1, -0.05) is 24.3 Å². The first-order chi connectivity index (χ1) is 13.1. The number of hydrogen-bond acceptors (Lipinski definition) is 3.